The number of hydrogen-bond donors (Lipinski definition) is 1. The number of nitrogens with zero attached hydrogens (tertiary/aromatic N) is 2. The van der Waals surface area contributed by atoms with Crippen molar-refractivity contribution in [2.24, 2.45) is 0 Å². The fraction of sp³-hybridized carbons (Fsp3) is 0.257. The molecule has 44 heavy (non-hydrogen) atoms. The van der Waals surface area contributed by atoms with E-state index in [1.807, 2.05) is 73.7 Å². The van der Waals surface area contributed by atoms with E-state index in [1.165, 1.54) is 4.31 Å². The summed E-state index contributed by atoms with van der Waals surface area (Å²) in [7, 11) is -3.88. The maximum absolute atomic E-state index is 13.7. The van der Waals surface area contributed by atoms with Crippen molar-refractivity contribution in [1.29, 1.82) is 0 Å². The third-order valence-corrected chi connectivity index (χ3v) is 9.62. The van der Waals surface area contributed by atoms with Crippen LogP contribution in [0.3, 0.4) is 0 Å². The quantitative estimate of drug-likeness (QED) is 0.209. The second kappa shape index (κ2) is 13.4. The van der Waals surface area contributed by atoms with Gasteiger partial charge in [0.05, 0.1) is 17.4 Å². The minimum atomic E-state index is -3.88. The highest BCUT2D eigenvalue weighted by Crippen LogP contribution is 2.36. The Morgan fingerprint density at radius 3 is 2.20 bits per heavy atom. The molecule has 0 fully saturated rings. The Bertz CT molecular complexity index is 1710. The molecule has 4 aromatic rings. The number of hydrogen-bond acceptors (Lipinski definition) is 6. The lowest BCUT2D eigenvalue weighted by molar-refractivity contribution is -0.148. The van der Waals surface area contributed by atoms with Gasteiger partial charge in [-0.25, -0.2) is 8.42 Å². The summed E-state index contributed by atoms with van der Waals surface area (Å²) < 4.78 is 34.0. The highest BCUT2D eigenvalue weighted by atomic mass is 32.2. The van der Waals surface area contributed by atoms with E-state index in [-0.39, 0.29) is 23.9 Å². The fourth-order valence-electron chi connectivity index (χ4n) is 5.57. The summed E-state index contributed by atoms with van der Waals surface area (Å²) >= 11 is 0. The monoisotopic (exact) mass is 611 g/mol. The number of nitrogens with one attached hydrogen (secondary N) is 1. The Kier molecular flexibility index (Phi) is 9.46. The molecule has 1 heterocycles. The Hall–Kier alpha value is -4.47. The molecule has 0 spiro atoms. The third kappa shape index (κ3) is 7.01. The maximum Gasteiger partial charge on any atom is 0.308 e. The van der Waals surface area contributed by atoms with Gasteiger partial charge in [0.2, 0.25) is 10.0 Å². The molecule has 1 unspecified atom stereocenters. The molecule has 1 amide bonds. The number of aryl methyl sites for hydroxylation is 1. The smallest absolute Gasteiger partial charge is 0.308 e. The Morgan fingerprint density at radius 2 is 1.52 bits per heavy atom. The summed E-state index contributed by atoms with van der Waals surface area (Å²) in [4.78, 5) is 28.1. The van der Waals surface area contributed by atoms with E-state index in [9.17, 15) is 18.0 Å². The first-order chi connectivity index (χ1) is 21.1. The van der Waals surface area contributed by atoms with Crippen LogP contribution in [0.25, 0.3) is 0 Å². The largest absolute Gasteiger partial charge is 0.456 e. The lowest BCUT2D eigenvalue weighted by atomic mass is 9.92. The van der Waals surface area contributed by atoms with Crippen LogP contribution in [0.4, 0.5) is 17.1 Å². The van der Waals surface area contributed by atoms with Crippen LogP contribution in [0.5, 0.6) is 0 Å². The molecule has 0 bridgehead atoms. The zero-order chi connectivity index (χ0) is 31.3. The first kappa shape index (κ1) is 31.0. The number of para-hydroxylation sites is 1. The van der Waals surface area contributed by atoms with Gasteiger partial charge >= 0.3 is 5.97 Å². The van der Waals surface area contributed by atoms with E-state index >= 15 is 0 Å². The van der Waals surface area contributed by atoms with Crippen LogP contribution in [0.15, 0.2) is 108 Å². The molecule has 8 nitrogen and oxygen atoms in total. The van der Waals surface area contributed by atoms with Gasteiger partial charge in [0.1, 0.15) is 0 Å². The highest BCUT2D eigenvalue weighted by Gasteiger charge is 2.38. The number of sulfonamides is 1. The highest BCUT2D eigenvalue weighted by molar-refractivity contribution is 7.89. The van der Waals surface area contributed by atoms with Gasteiger partial charge in [-0.15, -0.1) is 0 Å². The van der Waals surface area contributed by atoms with Crippen LogP contribution in [0, 0.1) is 6.92 Å². The molecule has 0 aliphatic carbocycles. The normalized spacial score (nSPS) is 15.0. The predicted molar refractivity (Wildman–Crippen MR) is 172 cm³/mol. The van der Waals surface area contributed by atoms with Crippen molar-refractivity contribution in [1.82, 2.24) is 4.31 Å². The van der Waals surface area contributed by atoms with Crippen molar-refractivity contribution in [3.8, 4) is 0 Å². The van der Waals surface area contributed by atoms with E-state index in [0.29, 0.717) is 12.1 Å². The number of benzene rings is 4. The minimum Gasteiger partial charge on any atom is -0.456 e. The number of rotatable bonds is 10. The summed E-state index contributed by atoms with van der Waals surface area (Å²) in [6, 6.07) is 31.2. The Labute approximate surface area is 259 Å². The van der Waals surface area contributed by atoms with Crippen LogP contribution in [0.2, 0.25) is 0 Å². The lowest BCUT2D eigenvalue weighted by Crippen LogP contribution is -2.41. The molecule has 1 N–H and O–H groups in total. The molecule has 228 valence electrons. The second-order valence-electron chi connectivity index (χ2n) is 11.2. The van der Waals surface area contributed by atoms with Crippen LogP contribution in [0.1, 0.15) is 43.0 Å². The number of ether oxygens (including phenoxy) is 1. The van der Waals surface area contributed by atoms with Crippen molar-refractivity contribution in [2.45, 2.75) is 50.6 Å². The standard InChI is InChI=1S/C35H37N3O5S/c1-25(2)38(29-10-5-4-6-11-29)30-17-15-28(16-18-30)36-34(39)24-43-35(40)23-33-32-12-8-7-9-27(32)21-22-37(33)44(41,42)31-19-13-26(3)14-20-31/h4-20,25,33H,21-24H2,1-3H3,(H,36,39). The van der Waals surface area contributed by atoms with Gasteiger partial charge < -0.3 is 15.0 Å². The van der Waals surface area contributed by atoms with Crippen LogP contribution < -0.4 is 10.2 Å². The van der Waals surface area contributed by atoms with Gasteiger partial charge in [0.15, 0.2) is 6.61 Å². The molecule has 5 rings (SSSR count). The van der Waals surface area contributed by atoms with E-state index in [1.54, 1.807) is 36.4 Å². The average Bonchev–Trinajstić information content (AvgIpc) is 3.01. The van der Waals surface area contributed by atoms with E-state index in [4.69, 9.17) is 4.74 Å². The zero-order valence-corrected chi connectivity index (χ0v) is 26.0. The van der Waals surface area contributed by atoms with Crippen molar-refractivity contribution in [2.75, 3.05) is 23.4 Å². The number of amides is 1. The molecule has 1 aliphatic rings. The molecular weight excluding hydrogens is 574 g/mol. The maximum atomic E-state index is 13.7. The van der Waals surface area contributed by atoms with Gasteiger partial charge in [-0.3, -0.25) is 9.59 Å². The molecule has 0 saturated carbocycles. The van der Waals surface area contributed by atoms with Gasteiger partial charge in [-0.2, -0.15) is 4.31 Å². The van der Waals surface area contributed by atoms with Crippen molar-refractivity contribution in [3.63, 3.8) is 0 Å². The SMILES string of the molecule is Cc1ccc(S(=O)(=O)N2CCc3ccccc3C2CC(=O)OCC(=O)Nc2ccc(N(c3ccccc3)C(C)C)cc2)cc1. The molecule has 0 aromatic heterocycles. The van der Waals surface area contributed by atoms with E-state index in [0.717, 1.165) is 28.1 Å². The molecule has 1 atom stereocenters. The first-order valence-electron chi connectivity index (χ1n) is 14.7. The molecule has 1 aliphatic heterocycles. The number of carbonyl (C=O) groups is 2. The number of esters is 1. The summed E-state index contributed by atoms with van der Waals surface area (Å²) in [6.07, 6.45) is 0.322. The van der Waals surface area contributed by atoms with Gasteiger partial charge in [0.25, 0.3) is 5.91 Å². The Balaban J connectivity index is 1.23. The van der Waals surface area contributed by atoms with Gasteiger partial charge in [-0.1, -0.05) is 60.2 Å². The lowest BCUT2D eigenvalue weighted by Gasteiger charge is -2.36. The topological polar surface area (TPSA) is 96.0 Å². The molecular formula is C35H37N3O5S. The predicted octanol–water partition coefficient (Wildman–Crippen LogP) is 6.40. The zero-order valence-electron chi connectivity index (χ0n) is 25.1. The molecule has 0 radical (unpaired) electrons. The summed E-state index contributed by atoms with van der Waals surface area (Å²) in [5.74, 6) is -1.14. The third-order valence-electron chi connectivity index (χ3n) is 7.70. The van der Waals surface area contributed by atoms with Crippen LogP contribution in [-0.4, -0.2) is 43.8 Å². The van der Waals surface area contributed by atoms with E-state index < -0.39 is 34.5 Å². The van der Waals surface area contributed by atoms with Crippen molar-refractivity contribution < 1.29 is 22.7 Å². The summed E-state index contributed by atoms with van der Waals surface area (Å²) in [6.45, 7) is 5.87. The van der Waals surface area contributed by atoms with Gasteiger partial charge in [0, 0.05) is 29.6 Å². The molecule has 0 saturated heterocycles. The number of anilines is 3. The molecule has 4 aromatic carbocycles. The van der Waals surface area contributed by atoms with E-state index in [2.05, 4.69) is 24.1 Å². The Morgan fingerprint density at radius 1 is 0.886 bits per heavy atom. The average molecular weight is 612 g/mol. The minimum absolute atomic E-state index is 0.173. The summed E-state index contributed by atoms with van der Waals surface area (Å²) in [5.41, 5.74) is 5.33. The summed E-state index contributed by atoms with van der Waals surface area (Å²) in [5, 5.41) is 2.77. The van der Waals surface area contributed by atoms with Crippen molar-refractivity contribution in [3.05, 3.63) is 120 Å². The fourth-order valence-corrected chi connectivity index (χ4v) is 7.18. The van der Waals surface area contributed by atoms with Crippen LogP contribution in [-0.2, 0) is 30.8 Å². The van der Waals surface area contributed by atoms with Crippen LogP contribution >= 0.6 is 0 Å². The second-order valence-corrected chi connectivity index (χ2v) is 13.0. The first-order valence-corrected chi connectivity index (χ1v) is 16.1. The number of fused-ring (bicyclic) bond motifs is 1. The van der Waals surface area contributed by atoms with Crippen molar-refractivity contribution >= 4 is 39.0 Å². The molecule has 9 heteroatoms. The number of carbonyl (C=O) groups excluding carboxylic acids is 2. The van der Waals surface area contributed by atoms with Gasteiger partial charge in [-0.05, 0) is 86.8 Å².